The number of rotatable bonds is 7. The lowest BCUT2D eigenvalue weighted by atomic mass is 9.79. The van der Waals surface area contributed by atoms with Crippen LogP contribution in [0.4, 0.5) is 0 Å². The summed E-state index contributed by atoms with van der Waals surface area (Å²) in [6.45, 7) is 6.62. The van der Waals surface area contributed by atoms with E-state index in [1.165, 1.54) is 70.6 Å². The Balaban J connectivity index is 1.73. The topological polar surface area (TPSA) is 0 Å². The van der Waals surface area contributed by atoms with Crippen LogP contribution in [0.25, 0.3) is 0 Å². The molecule has 0 N–H and O–H groups in total. The predicted molar refractivity (Wildman–Crippen MR) is 80.4 cm³/mol. The molecule has 18 heavy (non-hydrogen) atoms. The van der Waals surface area contributed by atoms with Crippen LogP contribution >= 0.6 is 0 Å². The van der Waals surface area contributed by atoms with E-state index in [4.69, 9.17) is 0 Å². The molecule has 0 heteroatoms. The highest BCUT2D eigenvalue weighted by molar-refractivity contribution is 4.78. The van der Waals surface area contributed by atoms with Gasteiger partial charge >= 0.3 is 0 Å². The lowest BCUT2D eigenvalue weighted by molar-refractivity contribution is 0.251. The molecule has 0 bridgehead atoms. The van der Waals surface area contributed by atoms with Crippen LogP contribution in [-0.4, -0.2) is 0 Å². The van der Waals surface area contributed by atoms with Crippen LogP contribution < -0.4 is 0 Å². The summed E-state index contributed by atoms with van der Waals surface area (Å²) in [5.41, 5.74) is 0. The van der Waals surface area contributed by atoms with Gasteiger partial charge < -0.3 is 0 Å². The first-order valence-corrected chi connectivity index (χ1v) is 8.60. The minimum Gasteiger partial charge on any atom is -0.0622 e. The van der Waals surface area contributed by atoms with Crippen LogP contribution in [0, 0.1) is 30.6 Å². The molecule has 2 unspecified atom stereocenters. The molecule has 2 atom stereocenters. The molecule has 0 amide bonds. The summed E-state index contributed by atoms with van der Waals surface area (Å²) < 4.78 is 0. The molecule has 1 radical (unpaired) electrons. The van der Waals surface area contributed by atoms with E-state index in [9.17, 15) is 0 Å². The minimum absolute atomic E-state index is 0.987. The largest absolute Gasteiger partial charge is 0.0622 e. The Labute approximate surface area is 115 Å². The van der Waals surface area contributed by atoms with E-state index in [0.29, 0.717) is 0 Å². The normalized spacial score (nSPS) is 25.7. The number of hydrogen-bond donors (Lipinski definition) is 0. The summed E-state index contributed by atoms with van der Waals surface area (Å²) in [4.78, 5) is 0. The van der Waals surface area contributed by atoms with Crippen LogP contribution in [0.5, 0.6) is 0 Å². The van der Waals surface area contributed by atoms with Crippen molar-refractivity contribution in [3.05, 3.63) is 6.92 Å². The second-order valence-corrected chi connectivity index (χ2v) is 7.05. The van der Waals surface area contributed by atoms with Gasteiger partial charge in [0, 0.05) is 0 Å². The van der Waals surface area contributed by atoms with Crippen LogP contribution in [0.1, 0.15) is 84.0 Å². The van der Waals surface area contributed by atoms with E-state index in [1.807, 2.05) is 0 Å². The van der Waals surface area contributed by atoms with Crippen LogP contribution in [0.3, 0.4) is 0 Å². The lowest BCUT2D eigenvalue weighted by Gasteiger charge is -2.26. The van der Waals surface area contributed by atoms with E-state index < -0.39 is 0 Å². The quantitative estimate of drug-likeness (QED) is 0.518. The van der Waals surface area contributed by atoms with Gasteiger partial charge in [0.1, 0.15) is 0 Å². The molecular formula is C18H33. The summed E-state index contributed by atoms with van der Waals surface area (Å²) in [6, 6.07) is 0. The predicted octanol–water partition coefficient (Wildman–Crippen LogP) is 6.01. The molecule has 0 heterocycles. The molecule has 0 nitrogen and oxygen atoms in total. The first kappa shape index (κ1) is 14.4. The zero-order chi connectivity index (χ0) is 12.8. The third-order valence-corrected chi connectivity index (χ3v) is 5.84. The highest BCUT2D eigenvalue weighted by atomic mass is 14.3. The highest BCUT2D eigenvalue weighted by Gasteiger charge is 2.26. The van der Waals surface area contributed by atoms with Crippen molar-refractivity contribution < 1.29 is 0 Å². The van der Waals surface area contributed by atoms with Crippen molar-refractivity contribution in [3.8, 4) is 0 Å². The average Bonchev–Trinajstić information content (AvgIpc) is 3.04. The maximum atomic E-state index is 4.10. The summed E-state index contributed by atoms with van der Waals surface area (Å²) >= 11 is 0. The molecule has 0 saturated heterocycles. The first-order valence-electron chi connectivity index (χ1n) is 8.60. The molecule has 2 fully saturated rings. The fraction of sp³-hybridized carbons (Fsp3) is 0.944. The molecule has 0 aliphatic heterocycles. The summed E-state index contributed by atoms with van der Waals surface area (Å²) in [5.74, 6) is 4.12. The van der Waals surface area contributed by atoms with E-state index in [1.54, 1.807) is 0 Å². The monoisotopic (exact) mass is 249 g/mol. The van der Waals surface area contributed by atoms with Gasteiger partial charge in [-0.3, -0.25) is 0 Å². The molecule has 0 aromatic rings. The second-order valence-electron chi connectivity index (χ2n) is 7.05. The van der Waals surface area contributed by atoms with Crippen molar-refractivity contribution in [1.29, 1.82) is 0 Å². The Morgan fingerprint density at radius 3 is 1.94 bits per heavy atom. The van der Waals surface area contributed by atoms with Crippen molar-refractivity contribution in [2.45, 2.75) is 84.0 Å². The molecule has 105 valence electrons. The van der Waals surface area contributed by atoms with E-state index in [2.05, 4.69) is 13.8 Å². The SMILES string of the molecule is [CH2]CCC(CCC(C)C1CCCC1)C1CCCC1. The van der Waals surface area contributed by atoms with Crippen LogP contribution in [0.2, 0.25) is 0 Å². The van der Waals surface area contributed by atoms with Gasteiger partial charge in [0.2, 0.25) is 0 Å². The van der Waals surface area contributed by atoms with Gasteiger partial charge in [0.25, 0.3) is 0 Å². The van der Waals surface area contributed by atoms with E-state index in [0.717, 1.165) is 30.1 Å². The van der Waals surface area contributed by atoms with Crippen molar-refractivity contribution in [1.82, 2.24) is 0 Å². The summed E-state index contributed by atoms with van der Waals surface area (Å²) in [7, 11) is 0. The highest BCUT2D eigenvalue weighted by Crippen LogP contribution is 2.39. The molecule has 2 aliphatic rings. The van der Waals surface area contributed by atoms with E-state index in [-0.39, 0.29) is 0 Å². The smallest absolute Gasteiger partial charge is 0.0386 e. The molecule has 0 spiro atoms. The minimum atomic E-state index is 0.987. The molecule has 2 aliphatic carbocycles. The van der Waals surface area contributed by atoms with Gasteiger partial charge in [0.15, 0.2) is 0 Å². The number of hydrogen-bond acceptors (Lipinski definition) is 0. The molecule has 0 aromatic heterocycles. The lowest BCUT2D eigenvalue weighted by Crippen LogP contribution is -2.15. The molecule has 2 rings (SSSR count). The molecule has 2 saturated carbocycles. The second kappa shape index (κ2) is 7.56. The fourth-order valence-corrected chi connectivity index (χ4v) is 4.55. The van der Waals surface area contributed by atoms with E-state index >= 15 is 0 Å². The maximum absolute atomic E-state index is 4.10. The van der Waals surface area contributed by atoms with Crippen LogP contribution in [0.15, 0.2) is 0 Å². The third kappa shape index (κ3) is 4.00. The first-order chi connectivity index (χ1) is 8.81. The summed E-state index contributed by atoms with van der Waals surface area (Å²) in [5, 5.41) is 0. The van der Waals surface area contributed by atoms with Gasteiger partial charge in [0.05, 0.1) is 0 Å². The van der Waals surface area contributed by atoms with Gasteiger partial charge in [-0.2, -0.15) is 0 Å². The summed E-state index contributed by atoms with van der Waals surface area (Å²) in [6.07, 6.45) is 17.6. The Hall–Kier alpha value is 0. The Bertz CT molecular complexity index is 208. The molecular weight excluding hydrogens is 216 g/mol. The Morgan fingerprint density at radius 2 is 1.39 bits per heavy atom. The van der Waals surface area contributed by atoms with Crippen molar-refractivity contribution in [2.75, 3.05) is 0 Å². The maximum Gasteiger partial charge on any atom is -0.0386 e. The van der Waals surface area contributed by atoms with Gasteiger partial charge in [-0.15, -0.1) is 0 Å². The van der Waals surface area contributed by atoms with Crippen molar-refractivity contribution >= 4 is 0 Å². The Kier molecular flexibility index (Phi) is 6.05. The molecule has 0 aromatic carbocycles. The van der Waals surface area contributed by atoms with Crippen LogP contribution in [-0.2, 0) is 0 Å². The van der Waals surface area contributed by atoms with Gasteiger partial charge in [-0.25, -0.2) is 0 Å². The van der Waals surface area contributed by atoms with Crippen molar-refractivity contribution in [3.63, 3.8) is 0 Å². The van der Waals surface area contributed by atoms with Gasteiger partial charge in [-0.1, -0.05) is 84.5 Å². The average molecular weight is 249 g/mol. The van der Waals surface area contributed by atoms with Gasteiger partial charge in [-0.05, 0) is 30.1 Å². The zero-order valence-electron chi connectivity index (χ0n) is 12.5. The Morgan fingerprint density at radius 1 is 0.833 bits per heavy atom. The third-order valence-electron chi connectivity index (χ3n) is 5.84. The zero-order valence-corrected chi connectivity index (χ0v) is 12.5. The van der Waals surface area contributed by atoms with Crippen molar-refractivity contribution in [2.24, 2.45) is 23.7 Å². The standard InChI is InChI=1S/C18H33/c1-3-8-17(18-11-6-7-12-18)14-13-15(2)16-9-4-5-10-16/h15-18H,1,3-14H2,2H3. The fourth-order valence-electron chi connectivity index (χ4n) is 4.55.